The highest BCUT2D eigenvalue weighted by atomic mass is 16.1. The van der Waals surface area contributed by atoms with Crippen molar-refractivity contribution in [3.05, 3.63) is 66.2 Å². The molecule has 28 heavy (non-hydrogen) atoms. The minimum absolute atomic E-state index is 0.0872. The fraction of sp³-hybridized carbons (Fsp3) is 0.304. The Hall–Kier alpha value is -3.08. The summed E-state index contributed by atoms with van der Waals surface area (Å²) in [6.07, 6.45) is 5.32. The van der Waals surface area contributed by atoms with Crippen LogP contribution >= 0.6 is 0 Å². The van der Waals surface area contributed by atoms with Crippen molar-refractivity contribution in [2.45, 2.75) is 40.2 Å². The normalized spacial score (nSPS) is 10.9. The molecule has 0 radical (unpaired) electrons. The summed E-state index contributed by atoms with van der Waals surface area (Å²) in [5.74, 6) is 0.929. The molecule has 1 amide bonds. The molecule has 0 saturated carbocycles. The van der Waals surface area contributed by atoms with Gasteiger partial charge >= 0.3 is 0 Å². The minimum atomic E-state index is 0.0872. The molecule has 144 valence electrons. The van der Waals surface area contributed by atoms with Gasteiger partial charge in [-0.2, -0.15) is 0 Å². The molecule has 0 unspecified atom stereocenters. The molecule has 0 aliphatic heterocycles. The smallest absolute Gasteiger partial charge is 0.223 e. The quantitative estimate of drug-likeness (QED) is 0.658. The largest absolute Gasteiger partial charge is 0.352 e. The Labute approximate surface area is 166 Å². The SMILES string of the molecule is CCC(CC)C(=O)NCc1ccc(-c2nc(C)ncc2-c2ccccn2)cc1. The van der Waals surface area contributed by atoms with Gasteiger partial charge in [-0.25, -0.2) is 9.97 Å². The van der Waals surface area contributed by atoms with E-state index in [1.807, 2.05) is 69.4 Å². The number of carbonyl (C=O) groups is 1. The number of pyridine rings is 1. The molecular formula is C23H26N4O. The highest BCUT2D eigenvalue weighted by Crippen LogP contribution is 2.28. The van der Waals surface area contributed by atoms with Crippen LogP contribution in [0.1, 0.15) is 38.1 Å². The van der Waals surface area contributed by atoms with Gasteiger partial charge in [0.1, 0.15) is 5.82 Å². The van der Waals surface area contributed by atoms with Crippen molar-refractivity contribution < 1.29 is 4.79 Å². The summed E-state index contributed by atoms with van der Waals surface area (Å²) >= 11 is 0. The van der Waals surface area contributed by atoms with Crippen LogP contribution in [0.2, 0.25) is 0 Å². The van der Waals surface area contributed by atoms with Crippen LogP contribution in [0, 0.1) is 12.8 Å². The first kappa shape index (κ1) is 19.7. The molecule has 3 rings (SSSR count). The third-order valence-corrected chi connectivity index (χ3v) is 4.90. The Balaban J connectivity index is 1.81. The molecule has 0 spiro atoms. The van der Waals surface area contributed by atoms with E-state index in [2.05, 4.69) is 20.3 Å². The second-order valence-corrected chi connectivity index (χ2v) is 6.82. The van der Waals surface area contributed by atoms with Gasteiger partial charge in [-0.1, -0.05) is 44.2 Å². The molecule has 5 heteroatoms. The van der Waals surface area contributed by atoms with Gasteiger partial charge in [-0.15, -0.1) is 0 Å². The molecule has 0 atom stereocenters. The molecule has 2 heterocycles. The third-order valence-electron chi connectivity index (χ3n) is 4.90. The van der Waals surface area contributed by atoms with Gasteiger partial charge < -0.3 is 5.32 Å². The van der Waals surface area contributed by atoms with Crippen molar-refractivity contribution in [3.8, 4) is 22.5 Å². The molecule has 2 aromatic heterocycles. The van der Waals surface area contributed by atoms with Crippen LogP contribution in [0.5, 0.6) is 0 Å². The maximum Gasteiger partial charge on any atom is 0.223 e. The summed E-state index contributed by atoms with van der Waals surface area (Å²) in [6, 6.07) is 13.9. The topological polar surface area (TPSA) is 67.8 Å². The highest BCUT2D eigenvalue weighted by molar-refractivity contribution is 5.79. The number of benzene rings is 1. The first-order chi connectivity index (χ1) is 13.6. The second kappa shape index (κ2) is 9.22. The van der Waals surface area contributed by atoms with E-state index < -0.39 is 0 Å². The molecule has 0 saturated heterocycles. The van der Waals surface area contributed by atoms with Crippen molar-refractivity contribution in [3.63, 3.8) is 0 Å². The number of nitrogens with one attached hydrogen (secondary N) is 1. The first-order valence-electron chi connectivity index (χ1n) is 9.74. The summed E-state index contributed by atoms with van der Waals surface area (Å²) in [7, 11) is 0. The van der Waals surface area contributed by atoms with Crippen LogP contribution in [0.3, 0.4) is 0 Å². The van der Waals surface area contributed by atoms with Gasteiger partial charge in [-0.3, -0.25) is 9.78 Å². The summed E-state index contributed by atoms with van der Waals surface area (Å²) in [6.45, 7) is 6.51. The van der Waals surface area contributed by atoms with Gasteiger partial charge in [0, 0.05) is 36.0 Å². The summed E-state index contributed by atoms with van der Waals surface area (Å²) in [4.78, 5) is 25.6. The molecule has 5 nitrogen and oxygen atoms in total. The number of aromatic nitrogens is 3. The number of hydrogen-bond donors (Lipinski definition) is 1. The summed E-state index contributed by atoms with van der Waals surface area (Å²) < 4.78 is 0. The number of nitrogens with zero attached hydrogens (tertiary/aromatic N) is 3. The standard InChI is InChI=1S/C23H26N4O/c1-4-18(5-2)23(28)26-14-17-9-11-19(12-10-17)22-20(15-25-16(3)27-22)21-8-6-7-13-24-21/h6-13,15,18H,4-5,14H2,1-3H3,(H,26,28). The van der Waals surface area contributed by atoms with E-state index >= 15 is 0 Å². The monoisotopic (exact) mass is 374 g/mol. The lowest BCUT2D eigenvalue weighted by Crippen LogP contribution is -2.29. The van der Waals surface area contributed by atoms with Crippen molar-refractivity contribution >= 4 is 5.91 Å². The van der Waals surface area contributed by atoms with Crippen molar-refractivity contribution in [2.75, 3.05) is 0 Å². The van der Waals surface area contributed by atoms with Crippen LogP contribution in [-0.4, -0.2) is 20.9 Å². The zero-order valence-electron chi connectivity index (χ0n) is 16.6. The van der Waals surface area contributed by atoms with E-state index in [0.29, 0.717) is 6.54 Å². The molecule has 0 aliphatic carbocycles. The fourth-order valence-electron chi connectivity index (χ4n) is 3.17. The van der Waals surface area contributed by atoms with E-state index in [4.69, 9.17) is 0 Å². The third kappa shape index (κ3) is 4.60. The van der Waals surface area contributed by atoms with E-state index in [9.17, 15) is 4.79 Å². The molecule has 3 aromatic rings. The second-order valence-electron chi connectivity index (χ2n) is 6.82. The van der Waals surface area contributed by atoms with Crippen molar-refractivity contribution in [1.29, 1.82) is 0 Å². The number of rotatable bonds is 7. The van der Waals surface area contributed by atoms with Gasteiger partial charge in [0.25, 0.3) is 0 Å². The van der Waals surface area contributed by atoms with Crippen LogP contribution < -0.4 is 5.32 Å². The zero-order chi connectivity index (χ0) is 19.9. The predicted octanol–water partition coefficient (Wildman–Crippen LogP) is 4.57. The van der Waals surface area contributed by atoms with Gasteiger partial charge in [0.2, 0.25) is 5.91 Å². The Morgan fingerprint density at radius 2 is 1.79 bits per heavy atom. The molecule has 0 fully saturated rings. The number of amides is 1. The molecule has 1 aromatic carbocycles. The summed E-state index contributed by atoms with van der Waals surface area (Å²) in [5.41, 5.74) is 4.67. The molecule has 0 bridgehead atoms. The van der Waals surface area contributed by atoms with Crippen molar-refractivity contribution in [1.82, 2.24) is 20.3 Å². The van der Waals surface area contributed by atoms with Crippen LogP contribution in [0.25, 0.3) is 22.5 Å². The number of carbonyl (C=O) groups excluding carboxylic acids is 1. The van der Waals surface area contributed by atoms with Gasteiger partial charge in [0.15, 0.2) is 0 Å². The van der Waals surface area contributed by atoms with Crippen LogP contribution in [0.15, 0.2) is 54.9 Å². The number of aryl methyl sites for hydroxylation is 1. The average Bonchev–Trinajstić information content (AvgIpc) is 2.74. The van der Waals surface area contributed by atoms with E-state index in [0.717, 1.165) is 46.7 Å². The predicted molar refractivity (Wildman–Crippen MR) is 111 cm³/mol. The van der Waals surface area contributed by atoms with Gasteiger partial charge in [0.05, 0.1) is 11.4 Å². The minimum Gasteiger partial charge on any atom is -0.352 e. The van der Waals surface area contributed by atoms with Crippen LogP contribution in [0.4, 0.5) is 0 Å². The van der Waals surface area contributed by atoms with Gasteiger partial charge in [-0.05, 0) is 37.5 Å². The first-order valence-corrected chi connectivity index (χ1v) is 9.74. The fourth-order valence-corrected chi connectivity index (χ4v) is 3.17. The average molecular weight is 374 g/mol. The molecule has 0 aliphatic rings. The molecular weight excluding hydrogens is 348 g/mol. The maximum atomic E-state index is 12.2. The Bertz CT molecular complexity index is 919. The highest BCUT2D eigenvalue weighted by Gasteiger charge is 2.14. The zero-order valence-corrected chi connectivity index (χ0v) is 16.6. The van der Waals surface area contributed by atoms with E-state index in [1.54, 1.807) is 6.20 Å². The lowest BCUT2D eigenvalue weighted by molar-refractivity contribution is -0.125. The van der Waals surface area contributed by atoms with Crippen LogP contribution in [-0.2, 0) is 11.3 Å². The lowest BCUT2D eigenvalue weighted by atomic mass is 10.0. The molecule has 1 N–H and O–H groups in total. The maximum absolute atomic E-state index is 12.2. The van der Waals surface area contributed by atoms with E-state index in [-0.39, 0.29) is 11.8 Å². The van der Waals surface area contributed by atoms with Crippen molar-refractivity contribution in [2.24, 2.45) is 5.92 Å². The Morgan fingerprint density at radius 3 is 2.43 bits per heavy atom. The van der Waals surface area contributed by atoms with E-state index in [1.165, 1.54) is 0 Å². The number of hydrogen-bond acceptors (Lipinski definition) is 4. The summed E-state index contributed by atoms with van der Waals surface area (Å²) in [5, 5.41) is 3.03. The Kier molecular flexibility index (Phi) is 6.48. The Morgan fingerprint density at radius 1 is 1.04 bits per heavy atom. The lowest BCUT2D eigenvalue weighted by Gasteiger charge is -2.13.